The zero-order chi connectivity index (χ0) is 17.0. The van der Waals surface area contributed by atoms with Crippen molar-refractivity contribution in [3.63, 3.8) is 0 Å². The zero-order valence-electron chi connectivity index (χ0n) is 12.4. The van der Waals surface area contributed by atoms with Crippen LogP contribution in [0.15, 0.2) is 28.7 Å². The fraction of sp³-hybridized carbons (Fsp3) is 0.333. The van der Waals surface area contributed by atoms with Crippen LogP contribution >= 0.6 is 0 Å². The van der Waals surface area contributed by atoms with Gasteiger partial charge in [-0.2, -0.15) is 0 Å². The quantitative estimate of drug-likeness (QED) is 0.777. The molecule has 0 spiro atoms. The van der Waals surface area contributed by atoms with Crippen molar-refractivity contribution in [2.75, 3.05) is 6.61 Å². The topological polar surface area (TPSA) is 61.6 Å². The third kappa shape index (κ3) is 4.24. The average Bonchev–Trinajstić information content (AvgIpc) is 2.91. The van der Waals surface area contributed by atoms with E-state index >= 15 is 0 Å². The van der Waals surface area contributed by atoms with Gasteiger partial charge in [0.05, 0.1) is 6.61 Å². The number of alkyl halides is 3. The highest BCUT2D eigenvalue weighted by Gasteiger charge is 2.31. The highest BCUT2D eigenvalue weighted by atomic mass is 19.4. The van der Waals surface area contributed by atoms with Crippen LogP contribution < -0.4 is 4.74 Å². The standard InChI is InChI=1S/C15H14F3NO4/c1-3-11-12(14(20)21-4-2)19-13(22-11)9-5-7-10(8-6-9)23-15(16,17)18/h5-8H,3-4H2,1-2H3. The molecule has 124 valence electrons. The SMILES string of the molecule is CCOC(=O)c1nc(-c2ccc(OC(F)(F)F)cc2)oc1CC. The Bertz CT molecular complexity index is 677. The van der Waals surface area contributed by atoms with Crippen molar-refractivity contribution in [3.8, 4) is 17.2 Å². The molecule has 0 atom stereocenters. The molecule has 0 aliphatic carbocycles. The molecule has 5 nitrogen and oxygen atoms in total. The van der Waals surface area contributed by atoms with Crippen LogP contribution in [0.1, 0.15) is 30.1 Å². The number of carbonyl (C=O) groups is 1. The van der Waals surface area contributed by atoms with Crippen molar-refractivity contribution >= 4 is 5.97 Å². The summed E-state index contributed by atoms with van der Waals surface area (Å²) < 4.78 is 50.5. The maximum atomic E-state index is 12.1. The first-order chi connectivity index (χ1) is 10.8. The van der Waals surface area contributed by atoms with Crippen LogP contribution in [-0.4, -0.2) is 23.9 Å². The van der Waals surface area contributed by atoms with Gasteiger partial charge in [-0.3, -0.25) is 0 Å². The van der Waals surface area contributed by atoms with Gasteiger partial charge >= 0.3 is 12.3 Å². The molecule has 0 saturated carbocycles. The van der Waals surface area contributed by atoms with Gasteiger partial charge in [0.1, 0.15) is 11.5 Å². The van der Waals surface area contributed by atoms with Crippen molar-refractivity contribution in [1.82, 2.24) is 4.98 Å². The van der Waals surface area contributed by atoms with Crippen molar-refractivity contribution in [2.24, 2.45) is 0 Å². The van der Waals surface area contributed by atoms with Gasteiger partial charge in [0.15, 0.2) is 5.69 Å². The fourth-order valence-corrected chi connectivity index (χ4v) is 1.87. The largest absolute Gasteiger partial charge is 0.573 e. The number of hydrogen-bond donors (Lipinski definition) is 0. The second-order valence-electron chi connectivity index (χ2n) is 4.44. The summed E-state index contributed by atoms with van der Waals surface area (Å²) in [6, 6.07) is 5.01. The normalized spacial score (nSPS) is 11.3. The van der Waals surface area contributed by atoms with Crippen LogP contribution in [0.3, 0.4) is 0 Å². The molecule has 1 aromatic heterocycles. The minimum absolute atomic E-state index is 0.0694. The monoisotopic (exact) mass is 329 g/mol. The molecule has 2 aromatic rings. The van der Waals surface area contributed by atoms with E-state index in [1.165, 1.54) is 12.1 Å². The second kappa shape index (κ2) is 6.72. The second-order valence-corrected chi connectivity index (χ2v) is 4.44. The highest BCUT2D eigenvalue weighted by molar-refractivity contribution is 5.89. The minimum Gasteiger partial charge on any atom is -0.461 e. The Morgan fingerprint density at radius 3 is 2.39 bits per heavy atom. The Balaban J connectivity index is 2.26. The van der Waals surface area contributed by atoms with E-state index < -0.39 is 12.3 Å². The number of aromatic nitrogens is 1. The predicted molar refractivity (Wildman–Crippen MR) is 74.0 cm³/mol. The maximum Gasteiger partial charge on any atom is 0.573 e. The van der Waals surface area contributed by atoms with E-state index in [1.54, 1.807) is 13.8 Å². The number of benzene rings is 1. The predicted octanol–water partition coefficient (Wildman–Crippen LogP) is 3.98. The summed E-state index contributed by atoms with van der Waals surface area (Å²) >= 11 is 0. The van der Waals surface area contributed by atoms with E-state index in [9.17, 15) is 18.0 Å². The Hall–Kier alpha value is -2.51. The molecular weight excluding hydrogens is 315 g/mol. The third-order valence-corrected chi connectivity index (χ3v) is 2.82. The smallest absolute Gasteiger partial charge is 0.461 e. The summed E-state index contributed by atoms with van der Waals surface area (Å²) in [5, 5.41) is 0. The van der Waals surface area contributed by atoms with E-state index in [1.807, 2.05) is 0 Å². The fourth-order valence-electron chi connectivity index (χ4n) is 1.87. The summed E-state index contributed by atoms with van der Waals surface area (Å²) in [7, 11) is 0. The lowest BCUT2D eigenvalue weighted by Crippen LogP contribution is -2.16. The molecule has 0 aliphatic rings. The van der Waals surface area contributed by atoms with Gasteiger partial charge in [0, 0.05) is 12.0 Å². The number of carbonyl (C=O) groups excluding carboxylic acids is 1. The van der Waals surface area contributed by atoms with Gasteiger partial charge in [0.25, 0.3) is 0 Å². The summed E-state index contributed by atoms with van der Waals surface area (Å²) in [6.45, 7) is 3.66. The van der Waals surface area contributed by atoms with E-state index in [0.717, 1.165) is 12.1 Å². The summed E-state index contributed by atoms with van der Waals surface area (Å²) in [6.07, 6.45) is -4.33. The highest BCUT2D eigenvalue weighted by Crippen LogP contribution is 2.27. The van der Waals surface area contributed by atoms with Crippen molar-refractivity contribution in [1.29, 1.82) is 0 Å². The number of halogens is 3. The molecule has 0 aliphatic heterocycles. The van der Waals surface area contributed by atoms with Crippen LogP contribution in [0.25, 0.3) is 11.5 Å². The van der Waals surface area contributed by atoms with Gasteiger partial charge < -0.3 is 13.9 Å². The van der Waals surface area contributed by atoms with Crippen LogP contribution in [0.4, 0.5) is 13.2 Å². The zero-order valence-corrected chi connectivity index (χ0v) is 12.4. The Labute approximate surface area is 130 Å². The van der Waals surface area contributed by atoms with Crippen LogP contribution in [-0.2, 0) is 11.2 Å². The first-order valence-corrected chi connectivity index (χ1v) is 6.87. The van der Waals surface area contributed by atoms with Gasteiger partial charge in [-0.15, -0.1) is 13.2 Å². The Kier molecular flexibility index (Phi) is 4.92. The van der Waals surface area contributed by atoms with Crippen molar-refractivity contribution in [2.45, 2.75) is 26.6 Å². The van der Waals surface area contributed by atoms with Gasteiger partial charge in [-0.1, -0.05) is 6.92 Å². The molecule has 0 radical (unpaired) electrons. The number of nitrogens with zero attached hydrogens (tertiary/aromatic N) is 1. The molecule has 0 bridgehead atoms. The summed E-state index contributed by atoms with van der Waals surface area (Å²) in [5.41, 5.74) is 0.491. The number of rotatable bonds is 5. The van der Waals surface area contributed by atoms with Gasteiger partial charge in [-0.25, -0.2) is 9.78 Å². The van der Waals surface area contributed by atoms with Crippen LogP contribution in [0.2, 0.25) is 0 Å². The van der Waals surface area contributed by atoms with Crippen LogP contribution in [0, 0.1) is 0 Å². The van der Waals surface area contributed by atoms with Crippen molar-refractivity contribution < 1.29 is 31.9 Å². The van der Waals surface area contributed by atoms with E-state index in [0.29, 0.717) is 17.7 Å². The summed E-state index contributed by atoms with van der Waals surface area (Å²) in [4.78, 5) is 15.9. The Morgan fingerprint density at radius 2 is 1.87 bits per heavy atom. The van der Waals surface area contributed by atoms with Crippen LogP contribution in [0.5, 0.6) is 5.75 Å². The average molecular weight is 329 g/mol. The number of aryl methyl sites for hydroxylation is 1. The number of hydrogen-bond acceptors (Lipinski definition) is 5. The van der Waals surface area contributed by atoms with Crippen molar-refractivity contribution in [3.05, 3.63) is 35.7 Å². The number of oxazole rings is 1. The molecule has 0 N–H and O–H groups in total. The summed E-state index contributed by atoms with van der Waals surface area (Å²) in [5.74, 6) is -0.469. The Morgan fingerprint density at radius 1 is 1.22 bits per heavy atom. The molecule has 0 unspecified atom stereocenters. The number of esters is 1. The maximum absolute atomic E-state index is 12.1. The molecule has 0 saturated heterocycles. The lowest BCUT2D eigenvalue weighted by atomic mass is 10.2. The lowest BCUT2D eigenvalue weighted by molar-refractivity contribution is -0.274. The van der Waals surface area contributed by atoms with Gasteiger partial charge in [0.2, 0.25) is 5.89 Å². The molecule has 1 heterocycles. The molecule has 1 aromatic carbocycles. The first-order valence-electron chi connectivity index (χ1n) is 6.87. The minimum atomic E-state index is -4.75. The molecule has 8 heteroatoms. The molecule has 0 amide bonds. The molecule has 23 heavy (non-hydrogen) atoms. The molecule has 2 rings (SSSR count). The first kappa shape index (κ1) is 16.9. The molecule has 0 fully saturated rings. The van der Waals surface area contributed by atoms with E-state index in [4.69, 9.17) is 9.15 Å². The number of ether oxygens (including phenoxy) is 2. The lowest BCUT2D eigenvalue weighted by Gasteiger charge is -2.08. The third-order valence-electron chi connectivity index (χ3n) is 2.82. The van der Waals surface area contributed by atoms with Gasteiger partial charge in [-0.05, 0) is 31.2 Å². The van der Waals surface area contributed by atoms with E-state index in [-0.39, 0.29) is 23.9 Å². The molecular formula is C15H14F3NO4. The van der Waals surface area contributed by atoms with E-state index in [2.05, 4.69) is 9.72 Å².